The van der Waals surface area contributed by atoms with Gasteiger partial charge in [0.2, 0.25) is 0 Å². The largest absolute Gasteiger partial charge is 0.328 e. The van der Waals surface area contributed by atoms with Gasteiger partial charge in [-0.05, 0) is 38.6 Å². The quantitative estimate of drug-likeness (QED) is 0.590. The van der Waals surface area contributed by atoms with Gasteiger partial charge in [-0.1, -0.05) is 0 Å². The molecule has 2 N–H and O–H groups in total. The number of amides is 1. The normalized spacial score (nSPS) is 25.5. The summed E-state index contributed by atoms with van der Waals surface area (Å²) in [5.74, 6) is 0.0401. The van der Waals surface area contributed by atoms with E-state index in [1.807, 2.05) is 13.8 Å². The van der Waals surface area contributed by atoms with Crippen molar-refractivity contribution >= 4 is 39.2 Å². The summed E-state index contributed by atoms with van der Waals surface area (Å²) in [4.78, 5) is 11.7. The van der Waals surface area contributed by atoms with Gasteiger partial charge in [-0.3, -0.25) is 14.8 Å². The molecule has 3 rings (SSSR count). The number of aromatic nitrogens is 2. The molecule has 0 radical (unpaired) electrons. The van der Waals surface area contributed by atoms with Crippen LogP contribution in [-0.4, -0.2) is 40.7 Å². The highest BCUT2D eigenvalue weighted by atomic mass is 32.2. The Bertz CT molecular complexity index is 807. The molecule has 0 spiro atoms. The average molecular weight is 340 g/mol. The molecule has 0 bridgehead atoms. The van der Waals surface area contributed by atoms with Gasteiger partial charge >= 0.3 is 0 Å². The van der Waals surface area contributed by atoms with Gasteiger partial charge in [0.15, 0.2) is 14.9 Å². The van der Waals surface area contributed by atoms with Crippen LogP contribution in [0.4, 0.5) is 0 Å². The van der Waals surface area contributed by atoms with Gasteiger partial charge in [-0.25, -0.2) is 8.42 Å². The molecule has 9 heteroatoms. The number of thiocarbonyl (C=S) groups is 1. The van der Waals surface area contributed by atoms with Crippen molar-refractivity contribution in [2.45, 2.75) is 26.3 Å². The Morgan fingerprint density at radius 3 is 2.64 bits per heavy atom. The maximum Gasteiger partial charge on any atom is 0.273 e. The van der Waals surface area contributed by atoms with E-state index in [0.717, 1.165) is 17.0 Å². The van der Waals surface area contributed by atoms with Crippen LogP contribution < -0.4 is 10.6 Å². The molecule has 0 aromatic carbocycles. The summed E-state index contributed by atoms with van der Waals surface area (Å²) in [6, 6.07) is -0.137. The maximum atomic E-state index is 11.7. The topological polar surface area (TPSA) is 93.1 Å². The Balaban J connectivity index is 1.96. The second-order valence-electron chi connectivity index (χ2n) is 5.55. The molecule has 2 fully saturated rings. The van der Waals surface area contributed by atoms with E-state index in [1.165, 1.54) is 0 Å². The van der Waals surface area contributed by atoms with Gasteiger partial charge < -0.3 is 5.32 Å². The van der Waals surface area contributed by atoms with Crippen molar-refractivity contribution in [3.8, 4) is 0 Å². The fourth-order valence-corrected chi connectivity index (χ4v) is 4.73. The molecule has 118 valence electrons. The predicted molar refractivity (Wildman–Crippen MR) is 85.9 cm³/mol. The van der Waals surface area contributed by atoms with E-state index in [9.17, 15) is 13.2 Å². The Kier molecular flexibility index (Phi) is 3.56. The van der Waals surface area contributed by atoms with Gasteiger partial charge in [0.05, 0.1) is 23.2 Å². The van der Waals surface area contributed by atoms with Gasteiger partial charge in [0.1, 0.15) is 5.70 Å². The summed E-state index contributed by atoms with van der Waals surface area (Å²) in [5.41, 5.74) is 2.78. The first-order chi connectivity index (χ1) is 10.3. The number of sulfone groups is 1. The van der Waals surface area contributed by atoms with E-state index in [0.29, 0.717) is 12.1 Å². The molecule has 1 aromatic heterocycles. The standard InChI is InChI=1S/C13H16N4O3S2/c1-7-10(5-11-12(18)15-13(21)14-11)8(2)17(16-7)9-3-4-22(19,20)6-9/h5,9H,3-4,6H2,1-2H3,(H2,14,15,18,21)/b11-5-/t9-/m0/s1. The van der Waals surface area contributed by atoms with Crippen LogP contribution in [0.15, 0.2) is 5.70 Å². The fraction of sp³-hybridized carbons (Fsp3) is 0.462. The number of hydrogen-bond donors (Lipinski definition) is 2. The predicted octanol–water partition coefficient (Wildman–Crippen LogP) is 0.205. The van der Waals surface area contributed by atoms with Crippen LogP contribution in [0.3, 0.4) is 0 Å². The number of carbonyl (C=O) groups excluding carboxylic acids is 1. The Hall–Kier alpha value is -1.74. The summed E-state index contributed by atoms with van der Waals surface area (Å²) >= 11 is 4.90. The molecule has 0 saturated carbocycles. The first-order valence-electron chi connectivity index (χ1n) is 6.87. The minimum absolute atomic E-state index is 0.119. The monoisotopic (exact) mass is 340 g/mol. The third-order valence-electron chi connectivity index (χ3n) is 3.94. The highest BCUT2D eigenvalue weighted by Gasteiger charge is 2.31. The van der Waals surface area contributed by atoms with Crippen molar-refractivity contribution in [1.29, 1.82) is 0 Å². The molecule has 7 nitrogen and oxygen atoms in total. The van der Waals surface area contributed by atoms with Crippen LogP contribution >= 0.6 is 12.2 Å². The molecule has 0 aliphatic carbocycles. The van der Waals surface area contributed by atoms with Gasteiger partial charge in [-0.2, -0.15) is 5.10 Å². The zero-order valence-electron chi connectivity index (χ0n) is 12.2. The van der Waals surface area contributed by atoms with Crippen molar-refractivity contribution in [3.63, 3.8) is 0 Å². The second-order valence-corrected chi connectivity index (χ2v) is 8.19. The number of hydrogen-bond acceptors (Lipinski definition) is 5. The lowest BCUT2D eigenvalue weighted by molar-refractivity contribution is -0.115. The zero-order valence-corrected chi connectivity index (χ0v) is 13.8. The van der Waals surface area contributed by atoms with Crippen molar-refractivity contribution < 1.29 is 13.2 Å². The van der Waals surface area contributed by atoms with Gasteiger partial charge in [-0.15, -0.1) is 0 Å². The summed E-state index contributed by atoms with van der Waals surface area (Å²) in [6.07, 6.45) is 2.27. The van der Waals surface area contributed by atoms with Crippen LogP contribution in [-0.2, 0) is 14.6 Å². The number of nitrogens with one attached hydrogen (secondary N) is 2. The van der Waals surface area contributed by atoms with Gasteiger partial charge in [0.25, 0.3) is 5.91 Å². The lowest BCUT2D eigenvalue weighted by atomic mass is 10.1. The van der Waals surface area contributed by atoms with Crippen molar-refractivity contribution in [2.75, 3.05) is 11.5 Å². The Morgan fingerprint density at radius 1 is 1.36 bits per heavy atom. The van der Waals surface area contributed by atoms with E-state index in [4.69, 9.17) is 12.2 Å². The van der Waals surface area contributed by atoms with E-state index >= 15 is 0 Å². The van der Waals surface area contributed by atoms with Gasteiger partial charge in [0, 0.05) is 11.3 Å². The first-order valence-corrected chi connectivity index (χ1v) is 9.10. The Morgan fingerprint density at radius 2 is 2.09 bits per heavy atom. The third-order valence-corrected chi connectivity index (χ3v) is 5.90. The van der Waals surface area contributed by atoms with Crippen LogP contribution in [0.2, 0.25) is 0 Å². The second kappa shape index (κ2) is 5.17. The number of carbonyl (C=O) groups is 1. The smallest absolute Gasteiger partial charge is 0.273 e. The fourth-order valence-electron chi connectivity index (χ4n) is 2.84. The van der Waals surface area contributed by atoms with Crippen molar-refractivity contribution in [1.82, 2.24) is 20.4 Å². The average Bonchev–Trinajstić information content (AvgIpc) is 3.02. The van der Waals surface area contributed by atoms with E-state index in [2.05, 4.69) is 15.7 Å². The SMILES string of the molecule is Cc1nn([C@H]2CCS(=O)(=O)C2)c(C)c1/C=C1\NC(=S)NC1=O. The molecular formula is C13H16N4O3S2. The molecule has 2 aliphatic rings. The lowest BCUT2D eigenvalue weighted by Crippen LogP contribution is -2.21. The molecule has 2 saturated heterocycles. The molecule has 1 atom stereocenters. The highest BCUT2D eigenvalue weighted by molar-refractivity contribution is 7.91. The zero-order chi connectivity index (χ0) is 16.1. The summed E-state index contributed by atoms with van der Waals surface area (Å²) in [5, 5.41) is 10.0. The molecule has 1 amide bonds. The van der Waals surface area contributed by atoms with Crippen LogP contribution in [0, 0.1) is 13.8 Å². The van der Waals surface area contributed by atoms with Crippen molar-refractivity contribution in [2.24, 2.45) is 0 Å². The molecule has 22 heavy (non-hydrogen) atoms. The number of nitrogens with zero attached hydrogens (tertiary/aromatic N) is 2. The maximum absolute atomic E-state index is 11.7. The minimum atomic E-state index is -2.97. The van der Waals surface area contributed by atoms with Crippen LogP contribution in [0.5, 0.6) is 0 Å². The van der Waals surface area contributed by atoms with E-state index < -0.39 is 9.84 Å². The summed E-state index contributed by atoms with van der Waals surface area (Å²) in [7, 11) is -2.97. The van der Waals surface area contributed by atoms with Crippen LogP contribution in [0.25, 0.3) is 6.08 Å². The highest BCUT2D eigenvalue weighted by Crippen LogP contribution is 2.27. The third kappa shape index (κ3) is 2.66. The number of rotatable bonds is 2. The number of aryl methyl sites for hydroxylation is 1. The molecule has 0 unspecified atom stereocenters. The van der Waals surface area contributed by atoms with Crippen molar-refractivity contribution in [3.05, 3.63) is 22.6 Å². The summed E-state index contributed by atoms with van der Waals surface area (Å²) < 4.78 is 25.1. The van der Waals surface area contributed by atoms with Crippen LogP contribution in [0.1, 0.15) is 29.4 Å². The minimum Gasteiger partial charge on any atom is -0.328 e. The Labute approximate surface area is 133 Å². The first kappa shape index (κ1) is 15.2. The molecule has 1 aromatic rings. The summed E-state index contributed by atoms with van der Waals surface area (Å²) in [6.45, 7) is 3.72. The van der Waals surface area contributed by atoms with E-state index in [1.54, 1.807) is 10.8 Å². The molecule has 2 aliphatic heterocycles. The molecular weight excluding hydrogens is 324 g/mol. The molecule has 3 heterocycles. The lowest BCUT2D eigenvalue weighted by Gasteiger charge is -2.11. The van der Waals surface area contributed by atoms with E-state index in [-0.39, 0.29) is 28.6 Å².